The number of anilines is 1. The Hall–Kier alpha value is -2.13. The molecule has 1 aliphatic rings. The van der Waals surface area contributed by atoms with E-state index < -0.39 is 0 Å². The van der Waals surface area contributed by atoms with Gasteiger partial charge in [-0.1, -0.05) is 55.5 Å². The molecule has 108 valence electrons. The van der Waals surface area contributed by atoms with Gasteiger partial charge in [-0.15, -0.1) is 0 Å². The van der Waals surface area contributed by atoms with Gasteiger partial charge in [0.1, 0.15) is 0 Å². The van der Waals surface area contributed by atoms with Crippen molar-refractivity contribution in [3.8, 4) is 11.1 Å². The molecule has 1 amide bonds. The van der Waals surface area contributed by atoms with Gasteiger partial charge in [-0.2, -0.15) is 0 Å². The van der Waals surface area contributed by atoms with E-state index in [9.17, 15) is 4.79 Å². The molecule has 0 spiro atoms. The van der Waals surface area contributed by atoms with Crippen LogP contribution in [0.3, 0.4) is 0 Å². The SMILES string of the molecule is CC1CNCC1C(=O)Nc1ccccc1-c1ccccc1. The maximum atomic E-state index is 12.5. The Labute approximate surface area is 125 Å². The summed E-state index contributed by atoms with van der Waals surface area (Å²) in [4.78, 5) is 12.5. The number of hydrogen-bond donors (Lipinski definition) is 2. The molecule has 2 N–H and O–H groups in total. The van der Waals surface area contributed by atoms with Crippen molar-refractivity contribution in [1.29, 1.82) is 0 Å². The Morgan fingerprint density at radius 2 is 1.76 bits per heavy atom. The molecular weight excluding hydrogens is 260 g/mol. The highest BCUT2D eigenvalue weighted by atomic mass is 16.1. The van der Waals surface area contributed by atoms with Gasteiger partial charge >= 0.3 is 0 Å². The van der Waals surface area contributed by atoms with E-state index in [0.29, 0.717) is 5.92 Å². The second kappa shape index (κ2) is 6.10. The van der Waals surface area contributed by atoms with Crippen LogP contribution in [0.4, 0.5) is 5.69 Å². The predicted octanol–water partition coefficient (Wildman–Crippen LogP) is 3.15. The number of carbonyl (C=O) groups is 1. The fourth-order valence-electron chi connectivity index (χ4n) is 2.85. The molecule has 3 nitrogen and oxygen atoms in total. The molecule has 2 unspecified atom stereocenters. The van der Waals surface area contributed by atoms with Crippen LogP contribution >= 0.6 is 0 Å². The van der Waals surface area contributed by atoms with Crippen molar-refractivity contribution in [1.82, 2.24) is 5.32 Å². The van der Waals surface area contributed by atoms with Crippen LogP contribution in [0.5, 0.6) is 0 Å². The minimum atomic E-state index is 0.0498. The van der Waals surface area contributed by atoms with E-state index in [1.807, 2.05) is 42.5 Å². The highest BCUT2D eigenvalue weighted by Crippen LogP contribution is 2.28. The summed E-state index contributed by atoms with van der Waals surface area (Å²) in [5, 5.41) is 6.38. The third-order valence-electron chi connectivity index (χ3n) is 4.12. The van der Waals surface area contributed by atoms with E-state index in [4.69, 9.17) is 0 Å². The Morgan fingerprint density at radius 3 is 2.48 bits per heavy atom. The Balaban J connectivity index is 1.85. The van der Waals surface area contributed by atoms with Crippen LogP contribution in [-0.4, -0.2) is 19.0 Å². The third-order valence-corrected chi connectivity index (χ3v) is 4.12. The molecule has 1 fully saturated rings. The van der Waals surface area contributed by atoms with E-state index >= 15 is 0 Å². The number of nitrogens with one attached hydrogen (secondary N) is 2. The quantitative estimate of drug-likeness (QED) is 0.907. The summed E-state index contributed by atoms with van der Waals surface area (Å²) in [6.07, 6.45) is 0. The fourth-order valence-corrected chi connectivity index (χ4v) is 2.85. The largest absolute Gasteiger partial charge is 0.325 e. The smallest absolute Gasteiger partial charge is 0.229 e. The van der Waals surface area contributed by atoms with Crippen molar-refractivity contribution in [2.45, 2.75) is 6.92 Å². The van der Waals surface area contributed by atoms with Crippen molar-refractivity contribution >= 4 is 11.6 Å². The van der Waals surface area contributed by atoms with Crippen molar-refractivity contribution in [2.75, 3.05) is 18.4 Å². The lowest BCUT2D eigenvalue weighted by atomic mass is 9.96. The first-order chi connectivity index (χ1) is 10.3. The number of amides is 1. The topological polar surface area (TPSA) is 41.1 Å². The number of para-hydroxylation sites is 1. The molecule has 2 aromatic carbocycles. The summed E-state index contributed by atoms with van der Waals surface area (Å²) in [5.74, 6) is 0.540. The number of carbonyl (C=O) groups excluding carboxylic acids is 1. The first-order valence-corrected chi connectivity index (χ1v) is 7.42. The van der Waals surface area contributed by atoms with Crippen LogP contribution in [0.25, 0.3) is 11.1 Å². The zero-order chi connectivity index (χ0) is 14.7. The molecule has 21 heavy (non-hydrogen) atoms. The van der Waals surface area contributed by atoms with Gasteiger partial charge in [0.15, 0.2) is 0 Å². The molecule has 0 aliphatic carbocycles. The minimum Gasteiger partial charge on any atom is -0.325 e. The third kappa shape index (κ3) is 2.98. The Bertz CT molecular complexity index is 624. The average molecular weight is 280 g/mol. The molecule has 1 aliphatic heterocycles. The van der Waals surface area contributed by atoms with Gasteiger partial charge in [0, 0.05) is 17.8 Å². The highest BCUT2D eigenvalue weighted by molar-refractivity contribution is 5.97. The molecule has 2 aromatic rings. The summed E-state index contributed by atoms with van der Waals surface area (Å²) in [7, 11) is 0. The van der Waals surface area contributed by atoms with E-state index in [1.165, 1.54) is 0 Å². The summed E-state index contributed by atoms with van der Waals surface area (Å²) >= 11 is 0. The zero-order valence-electron chi connectivity index (χ0n) is 12.2. The minimum absolute atomic E-state index is 0.0498. The Morgan fingerprint density at radius 1 is 1.05 bits per heavy atom. The van der Waals surface area contributed by atoms with E-state index in [1.54, 1.807) is 0 Å². The van der Waals surface area contributed by atoms with Gasteiger partial charge in [0.2, 0.25) is 5.91 Å². The van der Waals surface area contributed by atoms with Crippen LogP contribution in [-0.2, 0) is 4.79 Å². The number of benzene rings is 2. The van der Waals surface area contributed by atoms with E-state index in [-0.39, 0.29) is 11.8 Å². The van der Waals surface area contributed by atoms with Crippen LogP contribution in [0, 0.1) is 11.8 Å². The number of rotatable bonds is 3. The average Bonchev–Trinajstić information content (AvgIpc) is 2.95. The lowest BCUT2D eigenvalue weighted by molar-refractivity contribution is -0.120. The van der Waals surface area contributed by atoms with Crippen LogP contribution in [0.1, 0.15) is 6.92 Å². The monoisotopic (exact) mass is 280 g/mol. The molecule has 0 saturated carbocycles. The maximum absolute atomic E-state index is 12.5. The normalized spacial score (nSPS) is 21.2. The molecule has 0 bridgehead atoms. The van der Waals surface area contributed by atoms with Gasteiger partial charge in [-0.05, 0) is 24.1 Å². The maximum Gasteiger partial charge on any atom is 0.229 e. The second-order valence-corrected chi connectivity index (χ2v) is 5.64. The van der Waals surface area contributed by atoms with Crippen LogP contribution in [0.15, 0.2) is 54.6 Å². The molecule has 0 radical (unpaired) electrons. The molecule has 3 heteroatoms. The number of hydrogen-bond acceptors (Lipinski definition) is 2. The molecule has 3 rings (SSSR count). The van der Waals surface area contributed by atoms with Gasteiger partial charge < -0.3 is 10.6 Å². The van der Waals surface area contributed by atoms with Gasteiger partial charge in [-0.25, -0.2) is 0 Å². The van der Waals surface area contributed by atoms with Crippen molar-refractivity contribution in [3.63, 3.8) is 0 Å². The molecule has 1 heterocycles. The van der Waals surface area contributed by atoms with Crippen molar-refractivity contribution in [2.24, 2.45) is 11.8 Å². The van der Waals surface area contributed by atoms with Gasteiger partial charge in [-0.3, -0.25) is 4.79 Å². The molecule has 2 atom stereocenters. The zero-order valence-corrected chi connectivity index (χ0v) is 12.2. The van der Waals surface area contributed by atoms with Crippen molar-refractivity contribution in [3.05, 3.63) is 54.6 Å². The standard InChI is InChI=1S/C18H20N2O/c1-13-11-19-12-16(13)18(21)20-17-10-6-5-9-15(17)14-7-3-2-4-8-14/h2-10,13,16,19H,11-12H2,1H3,(H,20,21). The van der Waals surface area contributed by atoms with E-state index in [0.717, 1.165) is 29.9 Å². The van der Waals surface area contributed by atoms with Gasteiger partial charge in [0.05, 0.1) is 5.92 Å². The fraction of sp³-hybridized carbons (Fsp3) is 0.278. The first kappa shape index (κ1) is 13.8. The molecule has 0 aromatic heterocycles. The van der Waals surface area contributed by atoms with Gasteiger partial charge in [0.25, 0.3) is 0 Å². The first-order valence-electron chi connectivity index (χ1n) is 7.42. The van der Waals surface area contributed by atoms with Crippen LogP contribution < -0.4 is 10.6 Å². The molecule has 1 saturated heterocycles. The van der Waals surface area contributed by atoms with Crippen molar-refractivity contribution < 1.29 is 4.79 Å². The lowest BCUT2D eigenvalue weighted by Crippen LogP contribution is -2.28. The lowest BCUT2D eigenvalue weighted by Gasteiger charge is -2.16. The summed E-state index contributed by atoms with van der Waals surface area (Å²) in [6, 6.07) is 18.1. The highest BCUT2D eigenvalue weighted by Gasteiger charge is 2.29. The Kier molecular flexibility index (Phi) is 4.02. The summed E-state index contributed by atoms with van der Waals surface area (Å²) in [6.45, 7) is 3.80. The predicted molar refractivity (Wildman–Crippen MR) is 86.0 cm³/mol. The van der Waals surface area contributed by atoms with E-state index in [2.05, 4.69) is 29.7 Å². The van der Waals surface area contributed by atoms with Crippen LogP contribution in [0.2, 0.25) is 0 Å². The summed E-state index contributed by atoms with van der Waals surface area (Å²) < 4.78 is 0. The second-order valence-electron chi connectivity index (χ2n) is 5.64. The summed E-state index contributed by atoms with van der Waals surface area (Å²) in [5.41, 5.74) is 3.06. The molecular formula is C18H20N2O.